The molecule has 0 aliphatic carbocycles. The first-order chi connectivity index (χ1) is 6.31. The number of aliphatic hydroxyl groups is 1. The van der Waals surface area contributed by atoms with Crippen LogP contribution in [0, 0.1) is 0 Å². The molecule has 0 fully saturated rings. The zero-order chi connectivity index (χ0) is 9.68. The Morgan fingerprint density at radius 2 is 2.46 bits per heavy atom. The highest BCUT2D eigenvalue weighted by molar-refractivity contribution is 5.17. The number of hydrogen-bond acceptors (Lipinski definition) is 4. The molecule has 13 heavy (non-hydrogen) atoms. The maximum atomic E-state index is 8.73. The van der Waals surface area contributed by atoms with E-state index >= 15 is 0 Å². The van der Waals surface area contributed by atoms with Gasteiger partial charge in [0.15, 0.2) is 5.49 Å². The minimum Gasteiger partial charge on any atom is -0.497 e. The van der Waals surface area contributed by atoms with Crippen molar-refractivity contribution in [3.05, 3.63) is 23.8 Å². The monoisotopic (exact) mass is 183 g/mol. The summed E-state index contributed by atoms with van der Waals surface area (Å²) in [4.78, 5) is 0. The summed E-state index contributed by atoms with van der Waals surface area (Å²) >= 11 is 0. The predicted octanol–water partition coefficient (Wildman–Crippen LogP) is -0.737. The second-order valence-electron chi connectivity index (χ2n) is 2.47. The Labute approximate surface area is 76.1 Å². The van der Waals surface area contributed by atoms with E-state index < -0.39 is 0 Å². The van der Waals surface area contributed by atoms with E-state index in [9.17, 15) is 0 Å². The van der Waals surface area contributed by atoms with Crippen molar-refractivity contribution in [1.29, 1.82) is 0 Å². The van der Waals surface area contributed by atoms with E-state index in [-0.39, 0.29) is 6.61 Å². The average molecular weight is 183 g/mol. The summed E-state index contributed by atoms with van der Waals surface area (Å²) in [6.07, 6.45) is 1.76. The zero-order valence-corrected chi connectivity index (χ0v) is 7.47. The number of rotatable bonds is 3. The molecule has 0 unspecified atom stereocenters. The van der Waals surface area contributed by atoms with Crippen LogP contribution in [0.1, 0.15) is 0 Å². The van der Waals surface area contributed by atoms with Gasteiger partial charge in [-0.3, -0.25) is 0 Å². The third-order valence-corrected chi connectivity index (χ3v) is 1.69. The highest BCUT2D eigenvalue weighted by Crippen LogP contribution is 2.03. The van der Waals surface area contributed by atoms with Crippen molar-refractivity contribution in [2.75, 3.05) is 13.7 Å². The minimum absolute atomic E-state index is 0.0551. The number of methoxy groups -OCH3 is 1. The number of nitrogens with two attached hydrogens (primary N) is 1. The van der Waals surface area contributed by atoms with Crippen LogP contribution < -0.4 is 16.1 Å². The lowest BCUT2D eigenvalue weighted by Gasteiger charge is -2.06. The van der Waals surface area contributed by atoms with Crippen molar-refractivity contribution in [1.82, 2.24) is 4.57 Å². The molecule has 3 N–H and O–H groups in total. The molecule has 0 spiro atoms. The summed E-state index contributed by atoms with van der Waals surface area (Å²) in [5.41, 5.74) is 0.577. The Balaban J connectivity index is 3.09. The van der Waals surface area contributed by atoms with Gasteiger partial charge in [-0.2, -0.15) is 5.10 Å². The smallest absolute Gasteiger partial charge is 0.155 e. The summed E-state index contributed by atoms with van der Waals surface area (Å²) in [6, 6.07) is 3.49. The number of ether oxygens (including phenoxy) is 1. The molecular formula is C8H13N3O2. The van der Waals surface area contributed by atoms with E-state index in [0.717, 1.165) is 0 Å². The van der Waals surface area contributed by atoms with E-state index in [0.29, 0.717) is 17.8 Å². The highest BCUT2D eigenvalue weighted by atomic mass is 16.5. The quantitative estimate of drug-likeness (QED) is 0.479. The van der Waals surface area contributed by atoms with Gasteiger partial charge in [-0.1, -0.05) is 0 Å². The molecule has 0 bridgehead atoms. The van der Waals surface area contributed by atoms with E-state index in [1.807, 2.05) is 0 Å². The van der Waals surface area contributed by atoms with Crippen molar-refractivity contribution >= 4 is 0 Å². The fourth-order valence-corrected chi connectivity index (χ4v) is 1.03. The molecule has 0 aliphatic rings. The van der Waals surface area contributed by atoms with Crippen LogP contribution in [-0.4, -0.2) is 23.4 Å². The summed E-state index contributed by atoms with van der Waals surface area (Å²) in [7, 11) is 1.58. The molecule has 1 aromatic heterocycles. The fourth-order valence-electron chi connectivity index (χ4n) is 1.03. The van der Waals surface area contributed by atoms with Crippen LogP contribution in [0.15, 0.2) is 23.4 Å². The van der Waals surface area contributed by atoms with Gasteiger partial charge in [0.2, 0.25) is 0 Å². The van der Waals surface area contributed by atoms with Crippen molar-refractivity contribution < 1.29 is 9.84 Å². The summed E-state index contributed by atoms with van der Waals surface area (Å²) in [5.74, 6) is 5.86. The Bertz CT molecular complexity index is 332. The van der Waals surface area contributed by atoms with Gasteiger partial charge in [-0.25, -0.2) is 0 Å². The van der Waals surface area contributed by atoms with E-state index in [2.05, 4.69) is 5.10 Å². The van der Waals surface area contributed by atoms with Crippen LogP contribution in [-0.2, 0) is 6.54 Å². The first-order valence-corrected chi connectivity index (χ1v) is 3.91. The molecule has 0 atom stereocenters. The van der Waals surface area contributed by atoms with Crippen LogP contribution in [0.4, 0.5) is 0 Å². The van der Waals surface area contributed by atoms with E-state index in [4.69, 9.17) is 15.7 Å². The highest BCUT2D eigenvalue weighted by Gasteiger charge is 1.95. The van der Waals surface area contributed by atoms with Gasteiger partial charge in [-0.05, 0) is 6.07 Å². The first-order valence-electron chi connectivity index (χ1n) is 3.91. The molecule has 0 saturated heterocycles. The van der Waals surface area contributed by atoms with Crippen LogP contribution in [0.3, 0.4) is 0 Å². The third-order valence-electron chi connectivity index (χ3n) is 1.69. The van der Waals surface area contributed by atoms with Gasteiger partial charge in [0.25, 0.3) is 0 Å². The standard InChI is InChI=1S/C8H13N3O2/c1-13-7-2-3-11(4-5-12)8(6-7)10-9/h2-3,6,12H,4-5,9H2,1H3. The Morgan fingerprint density at radius 1 is 1.69 bits per heavy atom. The second kappa shape index (κ2) is 4.51. The molecule has 0 amide bonds. The van der Waals surface area contributed by atoms with Crippen molar-refractivity contribution in [3.63, 3.8) is 0 Å². The van der Waals surface area contributed by atoms with E-state index in [1.54, 1.807) is 30.0 Å². The van der Waals surface area contributed by atoms with Crippen molar-refractivity contribution in [3.8, 4) is 5.75 Å². The van der Waals surface area contributed by atoms with Gasteiger partial charge >= 0.3 is 0 Å². The molecule has 0 aliphatic heterocycles. The lowest BCUT2D eigenvalue weighted by Crippen LogP contribution is -2.23. The van der Waals surface area contributed by atoms with Crippen LogP contribution in [0.5, 0.6) is 5.75 Å². The molecule has 72 valence electrons. The Morgan fingerprint density at radius 3 is 3.00 bits per heavy atom. The average Bonchev–Trinajstić information content (AvgIpc) is 2.19. The molecular weight excluding hydrogens is 170 g/mol. The normalized spacial score (nSPS) is 11.7. The molecule has 1 heterocycles. The molecule has 5 heteroatoms. The van der Waals surface area contributed by atoms with Gasteiger partial charge in [-0.15, -0.1) is 0 Å². The summed E-state index contributed by atoms with van der Waals surface area (Å²) < 4.78 is 6.74. The van der Waals surface area contributed by atoms with Gasteiger partial charge < -0.3 is 20.3 Å². The fraction of sp³-hybridized carbons (Fsp3) is 0.375. The Kier molecular flexibility index (Phi) is 3.33. The third kappa shape index (κ3) is 2.22. The second-order valence-corrected chi connectivity index (χ2v) is 2.47. The lowest BCUT2D eigenvalue weighted by atomic mass is 10.4. The predicted molar refractivity (Wildman–Crippen MR) is 47.8 cm³/mol. The maximum absolute atomic E-state index is 8.73. The first kappa shape index (κ1) is 9.60. The molecule has 0 saturated carbocycles. The number of aliphatic hydroxyl groups excluding tert-OH is 1. The zero-order valence-electron chi connectivity index (χ0n) is 7.47. The minimum atomic E-state index is 0.0551. The summed E-state index contributed by atoms with van der Waals surface area (Å²) in [6.45, 7) is 0.527. The van der Waals surface area contributed by atoms with Gasteiger partial charge in [0.05, 0.1) is 13.7 Å². The van der Waals surface area contributed by atoms with Crippen molar-refractivity contribution in [2.24, 2.45) is 10.9 Å². The van der Waals surface area contributed by atoms with Crippen LogP contribution >= 0.6 is 0 Å². The number of nitrogens with zero attached hydrogens (tertiary/aromatic N) is 2. The maximum Gasteiger partial charge on any atom is 0.155 e. The molecule has 1 rings (SSSR count). The largest absolute Gasteiger partial charge is 0.497 e. The number of aromatic nitrogens is 1. The molecule has 1 aromatic rings. The lowest BCUT2D eigenvalue weighted by molar-refractivity contribution is 0.273. The Hall–Kier alpha value is -1.49. The summed E-state index contributed by atoms with van der Waals surface area (Å²) in [5, 5.41) is 12.3. The van der Waals surface area contributed by atoms with Gasteiger partial charge in [0.1, 0.15) is 5.75 Å². The number of hydrogen-bond donors (Lipinski definition) is 2. The molecule has 5 nitrogen and oxygen atoms in total. The number of pyridine rings is 1. The SMILES string of the molecule is COc1ccn(CCO)c(=NN)c1. The van der Waals surface area contributed by atoms with Crippen LogP contribution in [0.25, 0.3) is 0 Å². The topological polar surface area (TPSA) is 72.8 Å². The molecule has 0 aromatic carbocycles. The molecule has 0 radical (unpaired) electrons. The van der Waals surface area contributed by atoms with Gasteiger partial charge in [0, 0.05) is 18.8 Å². The van der Waals surface area contributed by atoms with E-state index in [1.165, 1.54) is 0 Å². The van der Waals surface area contributed by atoms with Crippen molar-refractivity contribution in [2.45, 2.75) is 6.54 Å². The van der Waals surface area contributed by atoms with Crippen LogP contribution in [0.2, 0.25) is 0 Å².